The number of rotatable bonds is 3. The molecule has 2 rings (SSSR count). The molecule has 0 aliphatic rings. The Bertz CT molecular complexity index is 782. The molecule has 0 bridgehead atoms. The summed E-state index contributed by atoms with van der Waals surface area (Å²) in [5.74, 6) is 0.750. The molecule has 0 saturated heterocycles. The van der Waals surface area contributed by atoms with Gasteiger partial charge in [0.15, 0.2) is 5.84 Å². The third-order valence-electron chi connectivity index (χ3n) is 3.39. The van der Waals surface area contributed by atoms with Gasteiger partial charge in [-0.15, -0.1) is 0 Å². The normalized spacial score (nSPS) is 12.0. The second kappa shape index (κ2) is 10.8. The van der Waals surface area contributed by atoms with E-state index in [0.29, 0.717) is 0 Å². The van der Waals surface area contributed by atoms with E-state index in [1.54, 1.807) is 19.2 Å². The van der Waals surface area contributed by atoms with Crippen LogP contribution in [0.4, 0.5) is 18.9 Å². The Hall–Kier alpha value is -2.28. The quantitative estimate of drug-likeness (QED) is 0.298. The van der Waals surface area contributed by atoms with Gasteiger partial charge in [0.1, 0.15) is 0 Å². The van der Waals surface area contributed by atoms with Crippen molar-refractivity contribution >= 4 is 29.5 Å². The highest BCUT2D eigenvalue weighted by atomic mass is 32.2. The van der Waals surface area contributed by atoms with Gasteiger partial charge in [0.2, 0.25) is 0 Å². The molecule has 2 aromatic rings. The van der Waals surface area contributed by atoms with Gasteiger partial charge in [-0.2, -0.15) is 13.2 Å². The first-order chi connectivity index (χ1) is 12.7. The predicted octanol–water partition coefficient (Wildman–Crippen LogP) is 6.04. The van der Waals surface area contributed by atoms with E-state index in [4.69, 9.17) is 5.73 Å². The van der Waals surface area contributed by atoms with Crippen molar-refractivity contribution in [2.45, 2.75) is 37.6 Å². The predicted molar refractivity (Wildman–Crippen MR) is 110 cm³/mol. The van der Waals surface area contributed by atoms with Gasteiger partial charge in [-0.05, 0) is 67.9 Å². The number of anilines is 1. The van der Waals surface area contributed by atoms with Crippen molar-refractivity contribution < 1.29 is 13.2 Å². The fourth-order valence-corrected chi connectivity index (χ4v) is 2.53. The molecule has 0 atom stereocenters. The minimum atomic E-state index is -4.19. The zero-order chi connectivity index (χ0) is 20.4. The van der Waals surface area contributed by atoms with E-state index in [0.717, 1.165) is 34.6 Å². The second-order valence-corrected chi connectivity index (χ2v) is 6.84. The molecule has 0 aliphatic carbocycles. The molecule has 27 heavy (non-hydrogen) atoms. The van der Waals surface area contributed by atoms with Crippen molar-refractivity contribution in [1.82, 2.24) is 0 Å². The molecule has 3 nitrogen and oxygen atoms in total. The number of alkyl halides is 3. The molecule has 0 radical (unpaired) electrons. The van der Waals surface area contributed by atoms with Gasteiger partial charge < -0.3 is 5.73 Å². The fraction of sp³-hybridized carbons (Fsp3) is 0.300. The number of nitrogens with two attached hydrogens (primary N) is 1. The Balaban J connectivity index is 0.000000277. The van der Waals surface area contributed by atoms with E-state index in [1.807, 2.05) is 45.2 Å². The Kier molecular flexibility index (Phi) is 9.08. The SMILES string of the molecule is CCC=NC(=NC)c1ccc(N)c(C)c1.Cc1ccc(SC(F)(F)F)cc1. The van der Waals surface area contributed by atoms with Gasteiger partial charge >= 0.3 is 5.51 Å². The highest BCUT2D eigenvalue weighted by molar-refractivity contribution is 8.00. The number of aliphatic imine (C=N–C) groups is 2. The summed E-state index contributed by atoms with van der Waals surface area (Å²) in [7, 11) is 1.74. The average Bonchev–Trinajstić information content (AvgIpc) is 2.60. The van der Waals surface area contributed by atoms with Crippen LogP contribution in [0.5, 0.6) is 0 Å². The lowest BCUT2D eigenvalue weighted by Gasteiger charge is -2.04. The van der Waals surface area contributed by atoms with Crippen LogP contribution in [-0.4, -0.2) is 24.6 Å². The number of benzene rings is 2. The highest BCUT2D eigenvalue weighted by Gasteiger charge is 2.28. The van der Waals surface area contributed by atoms with Gasteiger partial charge in [-0.25, -0.2) is 4.99 Å². The van der Waals surface area contributed by atoms with Crippen LogP contribution in [0.1, 0.15) is 30.0 Å². The molecule has 0 spiro atoms. The van der Waals surface area contributed by atoms with E-state index >= 15 is 0 Å². The summed E-state index contributed by atoms with van der Waals surface area (Å²) < 4.78 is 35.4. The molecule has 0 amide bonds. The number of aryl methyl sites for hydroxylation is 2. The molecule has 7 heteroatoms. The molecular weight excluding hydrogens is 371 g/mol. The van der Waals surface area contributed by atoms with Crippen molar-refractivity contribution in [3.05, 3.63) is 59.2 Å². The maximum atomic E-state index is 11.8. The van der Waals surface area contributed by atoms with Gasteiger partial charge in [-0.1, -0.05) is 24.6 Å². The number of amidine groups is 1. The topological polar surface area (TPSA) is 50.7 Å². The van der Waals surface area contributed by atoms with E-state index in [1.165, 1.54) is 12.1 Å². The first-order valence-corrected chi connectivity index (χ1v) is 9.16. The molecule has 2 N–H and O–H groups in total. The van der Waals surface area contributed by atoms with E-state index in [-0.39, 0.29) is 16.7 Å². The van der Waals surface area contributed by atoms with Gasteiger partial charge in [0.05, 0.1) is 0 Å². The summed E-state index contributed by atoms with van der Waals surface area (Å²) in [5, 5.41) is 0. The lowest BCUT2D eigenvalue weighted by Crippen LogP contribution is -1.99. The molecule has 0 aromatic heterocycles. The first kappa shape index (κ1) is 22.8. The summed E-state index contributed by atoms with van der Waals surface area (Å²) in [6.45, 7) is 5.86. The maximum Gasteiger partial charge on any atom is 0.446 e. The second-order valence-electron chi connectivity index (χ2n) is 5.70. The molecule has 0 unspecified atom stereocenters. The van der Waals surface area contributed by atoms with Crippen LogP contribution in [0.3, 0.4) is 0 Å². The third kappa shape index (κ3) is 8.77. The van der Waals surface area contributed by atoms with Crippen LogP contribution in [0.25, 0.3) is 0 Å². The zero-order valence-corrected chi connectivity index (χ0v) is 16.7. The summed E-state index contributed by atoms with van der Waals surface area (Å²) in [6, 6.07) is 12.1. The van der Waals surface area contributed by atoms with Crippen LogP contribution >= 0.6 is 11.8 Å². The van der Waals surface area contributed by atoms with Crippen LogP contribution in [0, 0.1) is 13.8 Å². The fourth-order valence-electron chi connectivity index (χ4n) is 1.99. The van der Waals surface area contributed by atoms with Crippen molar-refractivity contribution in [3.8, 4) is 0 Å². The molecule has 146 valence electrons. The largest absolute Gasteiger partial charge is 0.446 e. The van der Waals surface area contributed by atoms with Crippen molar-refractivity contribution in [1.29, 1.82) is 0 Å². The molecular formula is C20H24F3N3S. The summed E-state index contributed by atoms with van der Waals surface area (Å²) in [4.78, 5) is 8.66. The van der Waals surface area contributed by atoms with E-state index in [2.05, 4.69) is 9.98 Å². The Morgan fingerprint density at radius 1 is 1.11 bits per heavy atom. The first-order valence-electron chi connectivity index (χ1n) is 8.34. The number of halogens is 3. The lowest BCUT2D eigenvalue weighted by atomic mass is 10.1. The minimum absolute atomic E-state index is 0.0906. The summed E-state index contributed by atoms with van der Waals surface area (Å²) in [6.07, 6.45) is 2.76. The minimum Gasteiger partial charge on any atom is -0.399 e. The van der Waals surface area contributed by atoms with Gasteiger partial charge in [0, 0.05) is 29.4 Å². The van der Waals surface area contributed by atoms with Crippen LogP contribution < -0.4 is 5.73 Å². The van der Waals surface area contributed by atoms with Crippen molar-refractivity contribution in [2.24, 2.45) is 9.98 Å². The molecule has 0 heterocycles. The van der Waals surface area contributed by atoms with E-state index < -0.39 is 5.51 Å². The lowest BCUT2D eigenvalue weighted by molar-refractivity contribution is -0.0328. The highest BCUT2D eigenvalue weighted by Crippen LogP contribution is 2.36. The number of nitrogen functional groups attached to an aromatic ring is 1. The molecule has 0 saturated carbocycles. The van der Waals surface area contributed by atoms with Crippen molar-refractivity contribution in [3.63, 3.8) is 0 Å². The van der Waals surface area contributed by atoms with Crippen molar-refractivity contribution in [2.75, 3.05) is 12.8 Å². The van der Waals surface area contributed by atoms with Crippen LogP contribution in [0.2, 0.25) is 0 Å². The summed E-state index contributed by atoms with van der Waals surface area (Å²) in [5.41, 5.74) is 5.39. The zero-order valence-electron chi connectivity index (χ0n) is 15.8. The van der Waals surface area contributed by atoms with Gasteiger partial charge in [0.25, 0.3) is 0 Å². The van der Waals surface area contributed by atoms with E-state index in [9.17, 15) is 13.2 Å². The van der Waals surface area contributed by atoms with Gasteiger partial charge in [-0.3, -0.25) is 4.99 Å². The Morgan fingerprint density at radius 2 is 1.74 bits per heavy atom. The number of hydrogen-bond donors (Lipinski definition) is 1. The molecule has 0 aliphatic heterocycles. The number of thioether (sulfide) groups is 1. The molecule has 2 aromatic carbocycles. The maximum absolute atomic E-state index is 11.8. The average molecular weight is 395 g/mol. The number of hydrogen-bond acceptors (Lipinski definition) is 3. The standard InChI is InChI=1S/C12H17N3.C8H7F3S/c1-4-7-15-12(14-3)10-5-6-11(13)9(2)8-10;1-6-2-4-7(5-3-6)12-8(9,10)11/h5-8H,4,13H2,1-3H3;2-5H,1H3. The third-order valence-corrected chi connectivity index (χ3v) is 4.13. The Labute approximate surface area is 162 Å². The van der Waals surface area contributed by atoms with Crippen LogP contribution in [-0.2, 0) is 0 Å². The monoisotopic (exact) mass is 395 g/mol. The Morgan fingerprint density at radius 3 is 2.22 bits per heavy atom. The number of nitrogens with zero attached hydrogens (tertiary/aromatic N) is 2. The smallest absolute Gasteiger partial charge is 0.399 e. The molecule has 0 fully saturated rings. The summed E-state index contributed by atoms with van der Waals surface area (Å²) >= 11 is -0.0906. The van der Waals surface area contributed by atoms with Crippen LogP contribution in [0.15, 0.2) is 57.3 Å².